The number of unbranched alkanes of at least 4 members (excludes halogenated alkanes) is 1. The summed E-state index contributed by atoms with van der Waals surface area (Å²) >= 11 is 8.02. The van der Waals surface area contributed by atoms with Crippen LogP contribution in [0.4, 0.5) is 0 Å². The van der Waals surface area contributed by atoms with Crippen LogP contribution >= 0.6 is 79.1 Å². The van der Waals surface area contributed by atoms with Gasteiger partial charge in [-0.3, -0.25) is 14.4 Å². The average Bonchev–Trinajstić information content (AvgIpc) is 3.66. The van der Waals surface area contributed by atoms with Crippen LogP contribution in [-0.4, -0.2) is 57.7 Å². The minimum absolute atomic E-state index is 0.0286. The van der Waals surface area contributed by atoms with Crippen molar-refractivity contribution in [1.29, 1.82) is 0 Å². The summed E-state index contributed by atoms with van der Waals surface area (Å²) in [6.07, 6.45) is 10.7. The Balaban J connectivity index is 1.23. The number of hydrogen-bond donors (Lipinski definition) is 3. The van der Waals surface area contributed by atoms with Crippen LogP contribution in [0.5, 0.6) is 17.2 Å². The van der Waals surface area contributed by atoms with Gasteiger partial charge in [0, 0.05) is 25.8 Å². The highest BCUT2D eigenvalue weighted by molar-refractivity contribution is 14.1. The highest BCUT2D eigenvalue weighted by Crippen LogP contribution is 2.37. The molecule has 0 saturated carbocycles. The molecule has 9 nitrogen and oxygen atoms in total. The molecule has 256 valence electrons. The lowest BCUT2D eigenvalue weighted by atomic mass is 10.0. The minimum Gasteiger partial charge on any atom is -0.480 e. The van der Waals surface area contributed by atoms with Crippen LogP contribution in [0.25, 0.3) is 0 Å². The Bertz CT molecular complexity index is 1620. The third kappa shape index (κ3) is 11.5. The van der Waals surface area contributed by atoms with Crippen molar-refractivity contribution in [2.75, 3.05) is 6.54 Å². The summed E-state index contributed by atoms with van der Waals surface area (Å²) in [5.74, 6) is 0.477. The van der Waals surface area contributed by atoms with Crippen LogP contribution in [0.2, 0.25) is 0 Å². The number of likely N-dealkylation sites (tertiary alicyclic amines) is 1. The van der Waals surface area contributed by atoms with Gasteiger partial charge in [0.2, 0.25) is 5.91 Å². The smallest absolute Gasteiger partial charge is 0.320 e. The van der Waals surface area contributed by atoms with E-state index >= 15 is 0 Å². The van der Waals surface area contributed by atoms with Crippen LogP contribution < -0.4 is 15.2 Å². The van der Waals surface area contributed by atoms with Crippen molar-refractivity contribution < 1.29 is 34.1 Å². The van der Waals surface area contributed by atoms with Gasteiger partial charge in [-0.2, -0.15) is 11.3 Å². The van der Waals surface area contributed by atoms with E-state index in [0.29, 0.717) is 49.5 Å². The Morgan fingerprint density at radius 2 is 1.81 bits per heavy atom. The van der Waals surface area contributed by atoms with E-state index in [0.717, 1.165) is 33.8 Å². The van der Waals surface area contributed by atoms with Crippen molar-refractivity contribution in [1.82, 2.24) is 4.90 Å². The van der Waals surface area contributed by atoms with E-state index in [1.54, 1.807) is 17.4 Å². The van der Waals surface area contributed by atoms with Gasteiger partial charge in [0.05, 0.1) is 22.9 Å². The third-order valence-electron chi connectivity index (χ3n) is 7.64. The second kappa shape index (κ2) is 18.8. The Kier molecular flexibility index (Phi) is 15.2. The van der Waals surface area contributed by atoms with Gasteiger partial charge in [-0.25, -0.2) is 0 Å². The molecule has 0 aliphatic carbocycles. The van der Waals surface area contributed by atoms with Gasteiger partial charge in [0.1, 0.15) is 17.5 Å². The first-order valence-electron chi connectivity index (χ1n) is 15.4. The number of aliphatic hydroxyl groups is 1. The summed E-state index contributed by atoms with van der Waals surface area (Å²) in [7, 11) is 0. The zero-order valence-corrected chi connectivity index (χ0v) is 33.5. The standard InChI is InChI=1S/C35H37I3N2O7S/c1-21-14-23(17-30(39)35(44)45)16-27(36)33(21)46-26-18-28(37)34(29(38)19-26)47-32(43)6-4-2-3-5-12-40-24(8-10-31(40)42)7-9-25(41)15-22-11-13-48-20-22/h3,5,7,9,11,13-14,16,18-20,24-25,30,41H,2,4,6,8,10,12,15,17,39H2,1H3,(H,44,45)/b5-3-,9-7+. The molecule has 48 heavy (non-hydrogen) atoms. The molecule has 2 aromatic carbocycles. The number of rotatable bonds is 16. The molecule has 0 radical (unpaired) electrons. The molecule has 13 heteroatoms. The predicted octanol–water partition coefficient (Wildman–Crippen LogP) is 7.40. The topological polar surface area (TPSA) is 139 Å². The summed E-state index contributed by atoms with van der Waals surface area (Å²) in [4.78, 5) is 38.1. The number of nitrogens with zero attached hydrogens (tertiary/aromatic N) is 1. The molecule has 1 amide bonds. The number of benzene rings is 2. The fraction of sp³-hybridized carbons (Fsp3) is 0.343. The van der Waals surface area contributed by atoms with Gasteiger partial charge >= 0.3 is 11.9 Å². The Hall–Kier alpha value is -2.06. The molecule has 0 spiro atoms. The second-order valence-electron chi connectivity index (χ2n) is 11.5. The van der Waals surface area contributed by atoms with Crippen molar-refractivity contribution in [3.05, 3.63) is 92.8 Å². The number of carbonyl (C=O) groups excluding carboxylic acids is 2. The molecule has 3 unspecified atom stereocenters. The predicted molar refractivity (Wildman–Crippen MR) is 212 cm³/mol. The first-order chi connectivity index (χ1) is 22.9. The number of aliphatic hydroxyl groups excluding tert-OH is 1. The molecule has 1 aliphatic heterocycles. The SMILES string of the molecule is Cc1cc(CC(N)C(=O)O)cc(I)c1Oc1cc(I)c(OC(=O)CCC/C=C\CN2C(=O)CCC2/C=C/C(O)Cc2ccsc2)c(I)c1. The summed E-state index contributed by atoms with van der Waals surface area (Å²) in [6.45, 7) is 2.39. The van der Waals surface area contributed by atoms with E-state index < -0.39 is 18.1 Å². The number of carboxylic acid groups (broad SMARTS) is 1. The Morgan fingerprint density at radius 3 is 2.48 bits per heavy atom. The van der Waals surface area contributed by atoms with Crippen LogP contribution in [0.1, 0.15) is 48.8 Å². The van der Waals surface area contributed by atoms with Crippen molar-refractivity contribution >= 4 is 97.0 Å². The summed E-state index contributed by atoms with van der Waals surface area (Å²) < 4.78 is 14.2. The number of amides is 1. The van der Waals surface area contributed by atoms with Gasteiger partial charge in [-0.05, 0) is 152 Å². The number of halogens is 3. The van der Waals surface area contributed by atoms with Crippen LogP contribution in [-0.2, 0) is 27.2 Å². The molecule has 3 aromatic rings. The van der Waals surface area contributed by atoms with E-state index in [2.05, 4.69) is 67.8 Å². The number of carbonyl (C=O) groups is 3. The maximum absolute atomic E-state index is 12.7. The molecule has 1 fully saturated rings. The maximum atomic E-state index is 12.7. The first kappa shape index (κ1) is 38.7. The van der Waals surface area contributed by atoms with Gasteiger partial charge in [0.15, 0.2) is 5.75 Å². The lowest BCUT2D eigenvalue weighted by Gasteiger charge is -2.21. The number of thiophene rings is 1. The second-order valence-corrected chi connectivity index (χ2v) is 15.7. The quantitative estimate of drug-likeness (QED) is 0.0444. The molecule has 2 heterocycles. The highest BCUT2D eigenvalue weighted by Gasteiger charge is 2.28. The van der Waals surface area contributed by atoms with Crippen molar-refractivity contribution in [2.24, 2.45) is 5.73 Å². The molecule has 1 aliphatic rings. The highest BCUT2D eigenvalue weighted by atomic mass is 127. The van der Waals surface area contributed by atoms with E-state index in [1.165, 1.54) is 0 Å². The maximum Gasteiger partial charge on any atom is 0.320 e. The fourth-order valence-corrected chi connectivity index (χ4v) is 8.75. The Labute approximate surface area is 325 Å². The van der Waals surface area contributed by atoms with E-state index in [-0.39, 0.29) is 30.8 Å². The molecular formula is C35H37I3N2O7S. The summed E-state index contributed by atoms with van der Waals surface area (Å²) in [5.41, 5.74) is 8.48. The van der Waals surface area contributed by atoms with Crippen molar-refractivity contribution in [3.63, 3.8) is 0 Å². The lowest BCUT2D eigenvalue weighted by Crippen LogP contribution is -2.32. The van der Waals surface area contributed by atoms with E-state index in [1.807, 2.05) is 71.1 Å². The number of carboxylic acids is 1. The van der Waals surface area contributed by atoms with E-state index in [9.17, 15) is 19.5 Å². The first-order valence-corrected chi connectivity index (χ1v) is 19.6. The number of nitrogens with two attached hydrogens (primary N) is 1. The lowest BCUT2D eigenvalue weighted by molar-refractivity contribution is -0.138. The molecule has 4 rings (SSSR count). The van der Waals surface area contributed by atoms with Gasteiger partial charge in [-0.15, -0.1) is 0 Å². The summed E-state index contributed by atoms with van der Waals surface area (Å²) in [5, 5.41) is 23.5. The van der Waals surface area contributed by atoms with Crippen LogP contribution in [0.3, 0.4) is 0 Å². The zero-order valence-electron chi connectivity index (χ0n) is 26.2. The van der Waals surface area contributed by atoms with Gasteiger partial charge in [-0.1, -0.05) is 30.4 Å². The zero-order chi connectivity index (χ0) is 34.8. The normalized spacial score (nSPS) is 16.2. The van der Waals surface area contributed by atoms with Crippen LogP contribution in [0.15, 0.2) is 65.4 Å². The van der Waals surface area contributed by atoms with E-state index in [4.69, 9.17) is 20.3 Å². The molecule has 1 saturated heterocycles. The fourth-order valence-electron chi connectivity index (χ4n) is 5.20. The monoisotopic (exact) mass is 1010 g/mol. The Morgan fingerprint density at radius 1 is 1.08 bits per heavy atom. The van der Waals surface area contributed by atoms with Gasteiger partial charge in [0.25, 0.3) is 0 Å². The number of hydrogen-bond acceptors (Lipinski definition) is 8. The minimum atomic E-state index is -1.04. The molecule has 1 aromatic heterocycles. The summed E-state index contributed by atoms with van der Waals surface area (Å²) in [6, 6.07) is 8.37. The largest absolute Gasteiger partial charge is 0.480 e. The average molecular weight is 1010 g/mol. The van der Waals surface area contributed by atoms with Crippen LogP contribution in [0, 0.1) is 17.6 Å². The molecule has 0 bridgehead atoms. The number of ether oxygens (including phenoxy) is 2. The van der Waals surface area contributed by atoms with Crippen molar-refractivity contribution in [2.45, 2.75) is 70.1 Å². The number of esters is 1. The molecule has 4 N–H and O–H groups in total. The van der Waals surface area contributed by atoms with Crippen molar-refractivity contribution in [3.8, 4) is 17.2 Å². The molecule has 3 atom stereocenters. The molecular weight excluding hydrogens is 973 g/mol. The number of aryl methyl sites for hydroxylation is 1. The third-order valence-corrected chi connectivity index (χ3v) is 10.8. The van der Waals surface area contributed by atoms with Gasteiger partial charge < -0.3 is 30.3 Å². The number of allylic oxidation sites excluding steroid dienone is 1. The number of aliphatic carboxylic acids is 1.